The van der Waals surface area contributed by atoms with Crippen LogP contribution < -0.4 is 8.92 Å². The van der Waals surface area contributed by atoms with Gasteiger partial charge in [-0.2, -0.15) is 13.5 Å². The highest BCUT2D eigenvalue weighted by atomic mass is 35.5. The van der Waals surface area contributed by atoms with Crippen LogP contribution in [-0.2, 0) is 10.1 Å². The zero-order valence-electron chi connectivity index (χ0n) is 13.4. The molecule has 0 spiro atoms. The third-order valence-corrected chi connectivity index (χ3v) is 4.43. The number of ether oxygens (including phenoxy) is 1. The highest BCUT2D eigenvalue weighted by Crippen LogP contribution is 2.30. The van der Waals surface area contributed by atoms with Crippen LogP contribution in [0.25, 0.3) is 0 Å². The average molecular weight is 369 g/mol. The largest absolute Gasteiger partial charge is 0.493 e. The molecule has 0 amide bonds. The van der Waals surface area contributed by atoms with Gasteiger partial charge in [0.05, 0.1) is 13.3 Å². The van der Waals surface area contributed by atoms with Crippen LogP contribution in [0.1, 0.15) is 5.56 Å². The van der Waals surface area contributed by atoms with E-state index in [0.29, 0.717) is 5.02 Å². The van der Waals surface area contributed by atoms with Gasteiger partial charge in [-0.1, -0.05) is 11.6 Å². The number of rotatable bonds is 6. The summed E-state index contributed by atoms with van der Waals surface area (Å²) in [4.78, 5) is 0.00667. The molecule has 0 N–H and O–H groups in total. The maximum absolute atomic E-state index is 12.3. The Morgan fingerprint density at radius 2 is 1.75 bits per heavy atom. The van der Waals surface area contributed by atoms with E-state index >= 15 is 0 Å². The lowest BCUT2D eigenvalue weighted by Crippen LogP contribution is -2.10. The second kappa shape index (κ2) is 7.55. The summed E-state index contributed by atoms with van der Waals surface area (Å²) in [5.74, 6) is 0.379. The SMILES string of the molecule is COc1cc(/C=N\N(C)C)ccc1OS(=O)(=O)c1ccc(Cl)cc1. The van der Waals surface area contributed by atoms with Crippen molar-refractivity contribution in [1.82, 2.24) is 5.01 Å². The molecule has 2 aromatic carbocycles. The van der Waals surface area contributed by atoms with Crippen molar-refractivity contribution in [3.05, 3.63) is 53.1 Å². The van der Waals surface area contributed by atoms with Gasteiger partial charge >= 0.3 is 10.1 Å². The standard InChI is InChI=1S/C16H17ClN2O4S/c1-19(2)18-11-12-4-9-15(16(10-12)22-3)23-24(20,21)14-7-5-13(17)6-8-14/h4-11H,1-3H3/b18-11-. The number of nitrogens with zero attached hydrogens (tertiary/aromatic N) is 2. The Kier molecular flexibility index (Phi) is 5.69. The number of methoxy groups -OCH3 is 1. The van der Waals surface area contributed by atoms with Crippen LogP contribution in [0.15, 0.2) is 52.5 Å². The first kappa shape index (κ1) is 18.1. The third kappa shape index (κ3) is 4.62. The molecule has 0 aliphatic rings. The number of hydrogen-bond acceptors (Lipinski definition) is 6. The van der Waals surface area contributed by atoms with E-state index in [9.17, 15) is 8.42 Å². The van der Waals surface area contributed by atoms with Gasteiger partial charge in [0.1, 0.15) is 4.90 Å². The van der Waals surface area contributed by atoms with E-state index in [1.54, 1.807) is 37.5 Å². The highest BCUT2D eigenvalue weighted by molar-refractivity contribution is 7.87. The Balaban J connectivity index is 2.30. The van der Waals surface area contributed by atoms with Crippen molar-refractivity contribution in [2.24, 2.45) is 5.10 Å². The number of halogens is 1. The Hall–Kier alpha value is -2.25. The summed E-state index contributed by atoms with van der Waals surface area (Å²) in [6, 6.07) is 10.6. The molecule has 0 aliphatic carbocycles. The van der Waals surface area contributed by atoms with Gasteiger partial charge in [-0.25, -0.2) is 0 Å². The van der Waals surface area contributed by atoms with Crippen LogP contribution in [0.2, 0.25) is 5.02 Å². The molecule has 0 fully saturated rings. The minimum absolute atomic E-state index is 0.00667. The van der Waals surface area contributed by atoms with E-state index in [2.05, 4.69) is 5.10 Å². The van der Waals surface area contributed by atoms with Gasteiger partial charge in [0.2, 0.25) is 0 Å². The van der Waals surface area contributed by atoms with E-state index in [0.717, 1.165) is 5.56 Å². The van der Waals surface area contributed by atoms with Gasteiger partial charge in [-0.05, 0) is 48.0 Å². The maximum Gasteiger partial charge on any atom is 0.339 e. The van der Waals surface area contributed by atoms with Crippen LogP contribution in [0.4, 0.5) is 0 Å². The number of hydrogen-bond donors (Lipinski definition) is 0. The predicted octanol–water partition coefficient (Wildman–Crippen LogP) is 3.01. The van der Waals surface area contributed by atoms with Crippen molar-refractivity contribution >= 4 is 27.9 Å². The summed E-state index contributed by atoms with van der Waals surface area (Å²) in [5, 5.41) is 6.19. The maximum atomic E-state index is 12.3. The summed E-state index contributed by atoms with van der Waals surface area (Å²) in [7, 11) is 1.04. The molecule has 8 heteroatoms. The van der Waals surface area contributed by atoms with E-state index in [1.165, 1.54) is 37.4 Å². The van der Waals surface area contributed by atoms with E-state index < -0.39 is 10.1 Å². The molecular formula is C16H17ClN2O4S. The first-order valence-corrected chi connectivity index (χ1v) is 8.70. The van der Waals surface area contributed by atoms with Crippen LogP contribution in [-0.4, -0.2) is 40.8 Å². The van der Waals surface area contributed by atoms with Crippen molar-refractivity contribution in [3.8, 4) is 11.5 Å². The second-order valence-corrected chi connectivity index (χ2v) is 6.98. The molecule has 0 saturated heterocycles. The minimum atomic E-state index is -3.98. The van der Waals surface area contributed by atoms with Gasteiger partial charge in [0.15, 0.2) is 11.5 Å². The van der Waals surface area contributed by atoms with E-state index in [-0.39, 0.29) is 16.4 Å². The molecule has 6 nitrogen and oxygen atoms in total. The summed E-state index contributed by atoms with van der Waals surface area (Å²) >= 11 is 5.77. The van der Waals surface area contributed by atoms with Crippen LogP contribution in [0.3, 0.4) is 0 Å². The molecule has 0 atom stereocenters. The summed E-state index contributed by atoms with van der Waals surface area (Å²) < 4.78 is 35.0. The molecule has 128 valence electrons. The van der Waals surface area contributed by atoms with Crippen molar-refractivity contribution in [3.63, 3.8) is 0 Å². The second-order valence-electron chi connectivity index (χ2n) is 4.99. The Morgan fingerprint density at radius 3 is 2.33 bits per heavy atom. The van der Waals surface area contributed by atoms with Gasteiger partial charge in [0, 0.05) is 19.1 Å². The highest BCUT2D eigenvalue weighted by Gasteiger charge is 2.19. The first-order valence-electron chi connectivity index (χ1n) is 6.91. The van der Waals surface area contributed by atoms with Crippen LogP contribution >= 0.6 is 11.6 Å². The number of hydrazone groups is 1. The van der Waals surface area contributed by atoms with E-state index in [4.69, 9.17) is 20.5 Å². The summed E-state index contributed by atoms with van der Waals surface area (Å²) in [5.41, 5.74) is 0.747. The molecule has 0 heterocycles. The minimum Gasteiger partial charge on any atom is -0.493 e. The van der Waals surface area contributed by atoms with Gasteiger partial charge in [0.25, 0.3) is 0 Å². The average Bonchev–Trinajstić information content (AvgIpc) is 2.54. The smallest absolute Gasteiger partial charge is 0.339 e. The van der Waals surface area contributed by atoms with Crippen LogP contribution in [0.5, 0.6) is 11.5 Å². The van der Waals surface area contributed by atoms with Gasteiger partial charge in [-0.3, -0.25) is 0 Å². The Morgan fingerprint density at radius 1 is 1.08 bits per heavy atom. The molecule has 0 aliphatic heterocycles. The lowest BCUT2D eigenvalue weighted by atomic mass is 10.2. The van der Waals surface area contributed by atoms with Crippen molar-refractivity contribution < 1.29 is 17.3 Å². The molecular weight excluding hydrogens is 352 g/mol. The molecule has 0 unspecified atom stereocenters. The van der Waals surface area contributed by atoms with Gasteiger partial charge < -0.3 is 13.9 Å². The summed E-state index contributed by atoms with van der Waals surface area (Å²) in [6.45, 7) is 0. The monoisotopic (exact) mass is 368 g/mol. The Bertz CT molecular complexity index is 834. The lowest BCUT2D eigenvalue weighted by Gasteiger charge is -2.11. The normalized spacial score (nSPS) is 11.5. The van der Waals surface area contributed by atoms with Crippen molar-refractivity contribution in [2.75, 3.05) is 21.2 Å². The van der Waals surface area contributed by atoms with Gasteiger partial charge in [-0.15, -0.1) is 0 Å². The van der Waals surface area contributed by atoms with Crippen molar-refractivity contribution in [1.29, 1.82) is 0 Å². The number of benzene rings is 2. The molecule has 24 heavy (non-hydrogen) atoms. The molecule has 0 radical (unpaired) electrons. The molecule has 0 bridgehead atoms. The lowest BCUT2D eigenvalue weighted by molar-refractivity contribution is 0.390. The zero-order valence-corrected chi connectivity index (χ0v) is 15.0. The Labute approximate surface area is 146 Å². The molecule has 0 aromatic heterocycles. The van der Waals surface area contributed by atoms with Crippen molar-refractivity contribution in [2.45, 2.75) is 4.90 Å². The summed E-state index contributed by atoms with van der Waals surface area (Å²) in [6.07, 6.45) is 1.62. The fourth-order valence-electron chi connectivity index (χ4n) is 1.78. The first-order chi connectivity index (χ1) is 11.3. The third-order valence-electron chi connectivity index (χ3n) is 2.93. The predicted molar refractivity (Wildman–Crippen MR) is 93.5 cm³/mol. The fourth-order valence-corrected chi connectivity index (χ4v) is 2.85. The quantitative estimate of drug-likeness (QED) is 0.445. The van der Waals surface area contributed by atoms with Crippen LogP contribution in [0, 0.1) is 0 Å². The van der Waals surface area contributed by atoms with E-state index in [1.807, 2.05) is 0 Å². The molecule has 0 saturated carbocycles. The topological polar surface area (TPSA) is 68.2 Å². The molecule has 2 aromatic rings. The zero-order chi connectivity index (χ0) is 17.7. The molecule has 2 rings (SSSR count). The fraction of sp³-hybridized carbons (Fsp3) is 0.188.